The van der Waals surface area contributed by atoms with Crippen LogP contribution in [0.25, 0.3) is 0 Å². The zero-order chi connectivity index (χ0) is 13.1. The molecular formula is C15H28N2O. The smallest absolute Gasteiger partial charge is 0.224 e. The molecule has 104 valence electrons. The normalized spacial score (nSPS) is 37.6. The summed E-state index contributed by atoms with van der Waals surface area (Å²) in [5.41, 5.74) is 0. The summed E-state index contributed by atoms with van der Waals surface area (Å²) in [7, 11) is 0. The van der Waals surface area contributed by atoms with Gasteiger partial charge in [-0.3, -0.25) is 4.79 Å². The van der Waals surface area contributed by atoms with Crippen LogP contribution < -0.4 is 5.32 Å². The number of likely N-dealkylation sites (tertiary alicyclic amines) is 1. The van der Waals surface area contributed by atoms with Gasteiger partial charge in [-0.2, -0.15) is 0 Å². The van der Waals surface area contributed by atoms with Crippen molar-refractivity contribution in [3.63, 3.8) is 0 Å². The van der Waals surface area contributed by atoms with Gasteiger partial charge >= 0.3 is 0 Å². The van der Waals surface area contributed by atoms with Crippen molar-refractivity contribution in [1.82, 2.24) is 10.2 Å². The summed E-state index contributed by atoms with van der Waals surface area (Å²) < 4.78 is 0. The van der Waals surface area contributed by atoms with E-state index in [0.717, 1.165) is 6.54 Å². The second-order valence-electron chi connectivity index (χ2n) is 6.31. The van der Waals surface area contributed by atoms with E-state index in [2.05, 4.69) is 31.0 Å². The summed E-state index contributed by atoms with van der Waals surface area (Å²) in [5.74, 6) is 0.999. The lowest BCUT2D eigenvalue weighted by atomic mass is 9.89. The van der Waals surface area contributed by atoms with Crippen molar-refractivity contribution < 1.29 is 4.79 Å². The minimum atomic E-state index is 0.362. The number of nitrogens with zero attached hydrogens (tertiary/aromatic N) is 1. The van der Waals surface area contributed by atoms with Crippen LogP contribution in [-0.4, -0.2) is 35.5 Å². The highest BCUT2D eigenvalue weighted by molar-refractivity contribution is 5.77. The summed E-state index contributed by atoms with van der Waals surface area (Å²) >= 11 is 0. The Morgan fingerprint density at radius 1 is 1.11 bits per heavy atom. The molecule has 2 heterocycles. The molecule has 2 rings (SSSR count). The zero-order valence-electron chi connectivity index (χ0n) is 12.1. The number of nitrogens with one attached hydrogen (secondary N) is 1. The van der Waals surface area contributed by atoms with Crippen LogP contribution in [-0.2, 0) is 4.79 Å². The molecule has 0 aromatic carbocycles. The van der Waals surface area contributed by atoms with Crippen LogP contribution in [0.15, 0.2) is 0 Å². The Morgan fingerprint density at radius 3 is 2.39 bits per heavy atom. The van der Waals surface area contributed by atoms with Crippen LogP contribution >= 0.6 is 0 Å². The lowest BCUT2D eigenvalue weighted by molar-refractivity contribution is -0.138. The van der Waals surface area contributed by atoms with E-state index in [4.69, 9.17) is 0 Å². The monoisotopic (exact) mass is 252 g/mol. The van der Waals surface area contributed by atoms with Gasteiger partial charge in [-0.05, 0) is 58.4 Å². The molecule has 3 nitrogen and oxygen atoms in total. The van der Waals surface area contributed by atoms with E-state index in [9.17, 15) is 4.79 Å². The fourth-order valence-electron chi connectivity index (χ4n) is 3.59. The molecule has 2 fully saturated rings. The van der Waals surface area contributed by atoms with Crippen LogP contribution in [0.2, 0.25) is 0 Å². The highest BCUT2D eigenvalue weighted by Gasteiger charge is 2.31. The highest BCUT2D eigenvalue weighted by atomic mass is 16.2. The van der Waals surface area contributed by atoms with E-state index in [0.29, 0.717) is 36.4 Å². The van der Waals surface area contributed by atoms with Crippen molar-refractivity contribution in [3.05, 3.63) is 0 Å². The maximum Gasteiger partial charge on any atom is 0.224 e. The Labute approximate surface area is 111 Å². The van der Waals surface area contributed by atoms with Crippen LogP contribution in [0.4, 0.5) is 0 Å². The summed E-state index contributed by atoms with van der Waals surface area (Å²) in [6.07, 6.45) is 6.81. The fourth-order valence-corrected chi connectivity index (χ4v) is 3.59. The molecule has 0 saturated carbocycles. The molecule has 0 aromatic rings. The van der Waals surface area contributed by atoms with Gasteiger partial charge < -0.3 is 10.2 Å². The van der Waals surface area contributed by atoms with E-state index in [-0.39, 0.29) is 0 Å². The van der Waals surface area contributed by atoms with Gasteiger partial charge in [-0.1, -0.05) is 6.92 Å². The largest absolute Gasteiger partial charge is 0.337 e. The van der Waals surface area contributed by atoms with Crippen molar-refractivity contribution in [2.24, 2.45) is 5.92 Å². The molecular weight excluding hydrogens is 224 g/mol. The van der Waals surface area contributed by atoms with Gasteiger partial charge in [0.25, 0.3) is 0 Å². The lowest BCUT2D eigenvalue weighted by Crippen LogP contribution is -2.51. The number of piperidine rings is 2. The molecule has 18 heavy (non-hydrogen) atoms. The topological polar surface area (TPSA) is 32.3 Å². The molecule has 0 bridgehead atoms. The number of carbonyl (C=O) groups is 1. The predicted molar refractivity (Wildman–Crippen MR) is 74.4 cm³/mol. The van der Waals surface area contributed by atoms with Gasteiger partial charge in [-0.15, -0.1) is 0 Å². The third-order valence-electron chi connectivity index (χ3n) is 4.81. The minimum Gasteiger partial charge on any atom is -0.337 e. The van der Waals surface area contributed by atoms with Gasteiger partial charge in [0.05, 0.1) is 0 Å². The van der Waals surface area contributed by atoms with Crippen molar-refractivity contribution >= 4 is 5.91 Å². The molecule has 0 spiro atoms. The molecule has 0 aromatic heterocycles. The molecule has 1 amide bonds. The molecule has 0 radical (unpaired) electrons. The Balaban J connectivity index is 1.93. The van der Waals surface area contributed by atoms with E-state index in [1.807, 2.05) is 0 Å². The third kappa shape index (κ3) is 3.05. The third-order valence-corrected chi connectivity index (χ3v) is 4.81. The van der Waals surface area contributed by atoms with Crippen molar-refractivity contribution in [2.75, 3.05) is 6.54 Å². The maximum atomic E-state index is 12.5. The number of hydrogen-bond acceptors (Lipinski definition) is 2. The zero-order valence-corrected chi connectivity index (χ0v) is 12.1. The minimum absolute atomic E-state index is 0.362. The first-order valence-corrected chi connectivity index (χ1v) is 7.64. The van der Waals surface area contributed by atoms with Crippen molar-refractivity contribution in [3.8, 4) is 0 Å². The van der Waals surface area contributed by atoms with Crippen LogP contribution in [0, 0.1) is 5.92 Å². The fraction of sp³-hybridized carbons (Fsp3) is 0.933. The van der Waals surface area contributed by atoms with Gasteiger partial charge in [0, 0.05) is 24.5 Å². The first-order chi connectivity index (χ1) is 8.59. The van der Waals surface area contributed by atoms with E-state index in [1.165, 1.54) is 32.1 Å². The van der Waals surface area contributed by atoms with E-state index in [1.54, 1.807) is 0 Å². The number of carbonyl (C=O) groups excluding carboxylic acids is 1. The molecule has 4 unspecified atom stereocenters. The molecule has 2 aliphatic heterocycles. The highest BCUT2D eigenvalue weighted by Crippen LogP contribution is 2.25. The summed E-state index contributed by atoms with van der Waals surface area (Å²) in [6.45, 7) is 7.75. The van der Waals surface area contributed by atoms with Crippen molar-refractivity contribution in [2.45, 2.75) is 77.4 Å². The Bertz CT molecular complexity index is 282. The summed E-state index contributed by atoms with van der Waals surface area (Å²) in [6, 6.07) is 1.26. The molecule has 3 heteroatoms. The quantitative estimate of drug-likeness (QED) is 0.819. The van der Waals surface area contributed by atoms with E-state index >= 15 is 0 Å². The predicted octanol–water partition coefficient (Wildman–Crippen LogP) is 2.55. The second kappa shape index (κ2) is 6.05. The van der Waals surface area contributed by atoms with Crippen molar-refractivity contribution in [1.29, 1.82) is 0 Å². The standard InChI is InChI=1S/C15H28N2O/c1-11-6-5-9-16-14(11)10-15(18)17-12(2)7-4-8-13(17)3/h11-14,16H,4-10H2,1-3H3. The lowest BCUT2D eigenvalue weighted by Gasteiger charge is -2.40. The Kier molecular flexibility index (Phi) is 4.66. The molecule has 1 N–H and O–H groups in total. The average molecular weight is 252 g/mol. The number of amides is 1. The first-order valence-electron chi connectivity index (χ1n) is 7.64. The molecule has 4 atom stereocenters. The Morgan fingerprint density at radius 2 is 1.78 bits per heavy atom. The van der Waals surface area contributed by atoms with Gasteiger partial charge in [0.2, 0.25) is 5.91 Å². The van der Waals surface area contributed by atoms with Crippen LogP contribution in [0.1, 0.15) is 59.3 Å². The van der Waals surface area contributed by atoms with Gasteiger partial charge in [0.1, 0.15) is 0 Å². The van der Waals surface area contributed by atoms with Crippen LogP contribution in [0.3, 0.4) is 0 Å². The molecule has 0 aliphatic carbocycles. The summed E-state index contributed by atoms with van der Waals surface area (Å²) in [5, 5.41) is 3.52. The first kappa shape index (κ1) is 13.9. The molecule has 2 aliphatic rings. The van der Waals surface area contributed by atoms with Gasteiger partial charge in [0.15, 0.2) is 0 Å². The summed E-state index contributed by atoms with van der Waals surface area (Å²) in [4.78, 5) is 14.7. The molecule has 2 saturated heterocycles. The second-order valence-corrected chi connectivity index (χ2v) is 6.31. The van der Waals surface area contributed by atoms with E-state index < -0.39 is 0 Å². The Hall–Kier alpha value is -0.570. The number of rotatable bonds is 2. The van der Waals surface area contributed by atoms with Crippen LogP contribution in [0.5, 0.6) is 0 Å². The average Bonchev–Trinajstić information content (AvgIpc) is 2.32. The maximum absolute atomic E-state index is 12.5. The van der Waals surface area contributed by atoms with Gasteiger partial charge in [-0.25, -0.2) is 0 Å². The number of hydrogen-bond donors (Lipinski definition) is 1. The SMILES string of the molecule is CC1CCCNC1CC(=O)N1C(C)CCCC1C.